The van der Waals surface area contributed by atoms with Gasteiger partial charge in [0.2, 0.25) is 5.91 Å². The summed E-state index contributed by atoms with van der Waals surface area (Å²) >= 11 is 0. The van der Waals surface area contributed by atoms with Gasteiger partial charge >= 0.3 is 0 Å². The van der Waals surface area contributed by atoms with Crippen LogP contribution in [0.5, 0.6) is 0 Å². The lowest BCUT2D eigenvalue weighted by molar-refractivity contribution is -0.123. The highest BCUT2D eigenvalue weighted by atomic mass is 16.2. The van der Waals surface area contributed by atoms with Crippen molar-refractivity contribution >= 4 is 5.91 Å². The normalized spacial score (nSPS) is 29.1. The molecular weight excluding hydrogens is 260 g/mol. The molecule has 1 aromatic carbocycles. The molecule has 3 nitrogen and oxygen atoms in total. The van der Waals surface area contributed by atoms with Gasteiger partial charge in [-0.3, -0.25) is 4.79 Å². The largest absolute Gasteiger partial charge is 0.355 e. The van der Waals surface area contributed by atoms with Crippen molar-refractivity contribution in [1.82, 2.24) is 10.6 Å². The summed E-state index contributed by atoms with van der Waals surface area (Å²) < 4.78 is 0. The second-order valence-electron chi connectivity index (χ2n) is 6.63. The Balaban J connectivity index is 1.44. The molecule has 2 N–H and O–H groups in total. The number of nitrogens with one attached hydrogen (secondary N) is 2. The summed E-state index contributed by atoms with van der Waals surface area (Å²) in [6, 6.07) is 10.6. The molecule has 21 heavy (non-hydrogen) atoms. The molecule has 1 amide bonds. The van der Waals surface area contributed by atoms with E-state index in [9.17, 15) is 4.79 Å². The van der Waals surface area contributed by atoms with Crippen molar-refractivity contribution in [3.05, 3.63) is 35.9 Å². The van der Waals surface area contributed by atoms with E-state index in [1.54, 1.807) is 0 Å². The fourth-order valence-electron chi connectivity index (χ4n) is 3.94. The topological polar surface area (TPSA) is 41.1 Å². The molecule has 1 saturated heterocycles. The lowest BCUT2D eigenvalue weighted by atomic mass is 9.93. The first-order chi connectivity index (χ1) is 10.3. The summed E-state index contributed by atoms with van der Waals surface area (Å²) in [5, 5.41) is 6.55. The van der Waals surface area contributed by atoms with Gasteiger partial charge in [0.05, 0.1) is 6.04 Å². The molecule has 4 unspecified atom stereocenters. The van der Waals surface area contributed by atoms with Crippen molar-refractivity contribution in [2.75, 3.05) is 13.1 Å². The lowest BCUT2D eigenvalue weighted by Crippen LogP contribution is -2.44. The molecule has 0 radical (unpaired) electrons. The molecule has 3 heteroatoms. The Hall–Kier alpha value is -1.35. The van der Waals surface area contributed by atoms with Gasteiger partial charge in [-0.25, -0.2) is 0 Å². The number of fused-ring (bicyclic) bond motifs is 1. The average Bonchev–Trinajstić information content (AvgIpc) is 3.10. The van der Waals surface area contributed by atoms with E-state index in [-0.39, 0.29) is 11.9 Å². The Morgan fingerprint density at radius 3 is 2.95 bits per heavy atom. The van der Waals surface area contributed by atoms with Crippen LogP contribution < -0.4 is 10.6 Å². The smallest absolute Gasteiger partial charge is 0.237 e. The summed E-state index contributed by atoms with van der Waals surface area (Å²) in [4.78, 5) is 12.3. The fraction of sp³-hybridized carbons (Fsp3) is 0.611. The van der Waals surface area contributed by atoms with Crippen molar-refractivity contribution < 1.29 is 4.79 Å². The Kier molecular flexibility index (Phi) is 4.59. The van der Waals surface area contributed by atoms with E-state index in [1.807, 2.05) is 6.07 Å². The SMILES string of the molecule is CC(CCNC(=O)C1NCC2CCCC21)c1ccccc1. The first-order valence-electron chi connectivity index (χ1n) is 8.31. The molecule has 1 aromatic rings. The summed E-state index contributed by atoms with van der Waals surface area (Å²) in [5.74, 6) is 2.02. The maximum Gasteiger partial charge on any atom is 0.237 e. The monoisotopic (exact) mass is 286 g/mol. The third kappa shape index (κ3) is 3.29. The Bertz CT molecular complexity index is 473. The van der Waals surface area contributed by atoms with E-state index in [0.29, 0.717) is 11.8 Å². The molecule has 2 aliphatic rings. The third-order valence-corrected chi connectivity index (χ3v) is 5.27. The van der Waals surface area contributed by atoms with Crippen molar-refractivity contribution in [2.45, 2.75) is 44.6 Å². The van der Waals surface area contributed by atoms with Gasteiger partial charge in [0.15, 0.2) is 0 Å². The quantitative estimate of drug-likeness (QED) is 0.874. The first kappa shape index (κ1) is 14.6. The second kappa shape index (κ2) is 6.61. The minimum absolute atomic E-state index is 0.0598. The highest BCUT2D eigenvalue weighted by Gasteiger charge is 2.42. The van der Waals surface area contributed by atoms with Gasteiger partial charge in [0, 0.05) is 6.54 Å². The summed E-state index contributed by atoms with van der Waals surface area (Å²) in [6.45, 7) is 4.02. The zero-order valence-corrected chi connectivity index (χ0v) is 12.8. The van der Waals surface area contributed by atoms with E-state index >= 15 is 0 Å². The Morgan fingerprint density at radius 1 is 1.33 bits per heavy atom. The van der Waals surface area contributed by atoms with E-state index in [1.165, 1.54) is 24.8 Å². The van der Waals surface area contributed by atoms with E-state index in [4.69, 9.17) is 0 Å². The van der Waals surface area contributed by atoms with E-state index < -0.39 is 0 Å². The molecule has 0 aromatic heterocycles. The summed E-state index contributed by atoms with van der Waals surface area (Å²) in [6.07, 6.45) is 4.81. The molecule has 4 atom stereocenters. The van der Waals surface area contributed by atoms with Crippen LogP contribution in [0.25, 0.3) is 0 Å². The number of carbonyl (C=O) groups excluding carboxylic acids is 1. The van der Waals surface area contributed by atoms with Gasteiger partial charge in [0.25, 0.3) is 0 Å². The van der Waals surface area contributed by atoms with Crippen LogP contribution in [-0.2, 0) is 4.79 Å². The zero-order chi connectivity index (χ0) is 14.7. The molecule has 1 heterocycles. The molecule has 1 aliphatic heterocycles. The predicted molar refractivity (Wildman–Crippen MR) is 85.1 cm³/mol. The number of benzene rings is 1. The van der Waals surface area contributed by atoms with Crippen LogP contribution >= 0.6 is 0 Å². The van der Waals surface area contributed by atoms with Crippen LogP contribution in [0.4, 0.5) is 0 Å². The van der Waals surface area contributed by atoms with Gasteiger partial charge in [0.1, 0.15) is 0 Å². The molecule has 1 aliphatic carbocycles. The predicted octanol–water partition coefficient (Wildman–Crippen LogP) is 2.68. The number of amides is 1. The van der Waals surface area contributed by atoms with E-state index in [2.05, 4.69) is 41.8 Å². The standard InChI is InChI=1S/C18H26N2O/c1-13(14-6-3-2-4-7-14)10-11-19-18(21)17-16-9-5-8-15(16)12-20-17/h2-4,6-7,13,15-17,20H,5,8-12H2,1H3,(H,19,21). The maximum absolute atomic E-state index is 12.3. The highest BCUT2D eigenvalue weighted by molar-refractivity contribution is 5.82. The molecule has 2 fully saturated rings. The van der Waals surface area contributed by atoms with Gasteiger partial charge in [-0.05, 0) is 49.1 Å². The molecule has 114 valence electrons. The zero-order valence-electron chi connectivity index (χ0n) is 12.8. The van der Waals surface area contributed by atoms with Crippen LogP contribution in [0.2, 0.25) is 0 Å². The van der Waals surface area contributed by atoms with Crippen molar-refractivity contribution in [3.63, 3.8) is 0 Å². The third-order valence-electron chi connectivity index (χ3n) is 5.27. The molecular formula is C18H26N2O. The lowest BCUT2D eigenvalue weighted by Gasteiger charge is -2.18. The number of hydrogen-bond acceptors (Lipinski definition) is 2. The number of hydrogen-bond donors (Lipinski definition) is 2. The molecule has 0 bridgehead atoms. The fourth-order valence-corrected chi connectivity index (χ4v) is 3.94. The number of carbonyl (C=O) groups is 1. The van der Waals surface area contributed by atoms with Crippen LogP contribution in [0.1, 0.15) is 44.1 Å². The van der Waals surface area contributed by atoms with Gasteiger partial charge in [-0.2, -0.15) is 0 Å². The first-order valence-corrected chi connectivity index (χ1v) is 8.31. The molecule has 1 saturated carbocycles. The summed E-state index contributed by atoms with van der Waals surface area (Å²) in [7, 11) is 0. The Labute approximate surface area is 127 Å². The number of rotatable bonds is 5. The van der Waals surface area contributed by atoms with Crippen LogP contribution in [0.3, 0.4) is 0 Å². The van der Waals surface area contributed by atoms with Gasteiger partial charge in [-0.1, -0.05) is 43.7 Å². The maximum atomic E-state index is 12.3. The minimum atomic E-state index is 0.0598. The van der Waals surface area contributed by atoms with Crippen LogP contribution in [0, 0.1) is 11.8 Å². The van der Waals surface area contributed by atoms with E-state index in [0.717, 1.165) is 25.4 Å². The molecule has 3 rings (SSSR count). The Morgan fingerprint density at radius 2 is 2.14 bits per heavy atom. The molecule has 0 spiro atoms. The minimum Gasteiger partial charge on any atom is -0.355 e. The second-order valence-corrected chi connectivity index (χ2v) is 6.63. The summed E-state index contributed by atoms with van der Waals surface area (Å²) in [5.41, 5.74) is 1.35. The van der Waals surface area contributed by atoms with Crippen molar-refractivity contribution in [2.24, 2.45) is 11.8 Å². The van der Waals surface area contributed by atoms with Crippen molar-refractivity contribution in [3.8, 4) is 0 Å². The van der Waals surface area contributed by atoms with Gasteiger partial charge < -0.3 is 10.6 Å². The van der Waals surface area contributed by atoms with Crippen LogP contribution in [0.15, 0.2) is 30.3 Å². The van der Waals surface area contributed by atoms with Crippen LogP contribution in [-0.4, -0.2) is 25.0 Å². The highest BCUT2D eigenvalue weighted by Crippen LogP contribution is 2.37. The van der Waals surface area contributed by atoms with Gasteiger partial charge in [-0.15, -0.1) is 0 Å². The van der Waals surface area contributed by atoms with Crippen molar-refractivity contribution in [1.29, 1.82) is 0 Å². The average molecular weight is 286 g/mol.